The molecule has 0 aromatic heterocycles. The third-order valence-corrected chi connectivity index (χ3v) is 5.56. The van der Waals surface area contributed by atoms with Gasteiger partial charge in [0.2, 0.25) is 0 Å². The van der Waals surface area contributed by atoms with Gasteiger partial charge in [-0.05, 0) is 49.2 Å². The van der Waals surface area contributed by atoms with Crippen molar-refractivity contribution in [3.8, 4) is 5.75 Å². The third kappa shape index (κ3) is 3.80. The molecule has 0 saturated carbocycles. The van der Waals surface area contributed by atoms with Crippen LogP contribution in [0.5, 0.6) is 5.75 Å². The van der Waals surface area contributed by atoms with E-state index in [1.54, 1.807) is 4.90 Å². The lowest BCUT2D eigenvalue weighted by molar-refractivity contribution is 0.0789. The zero-order chi connectivity index (χ0) is 18.7. The second-order valence-electron chi connectivity index (χ2n) is 5.98. The smallest absolute Gasteiger partial charge is 0.261 e. The number of methoxy groups -OCH3 is 1. The Hall–Kier alpha value is -2.61. The largest absolute Gasteiger partial charge is 0.496 e. The molecule has 0 atom stereocenters. The summed E-state index contributed by atoms with van der Waals surface area (Å²) in [6, 6.07) is 9.24. The Balaban J connectivity index is 1.94. The van der Waals surface area contributed by atoms with Crippen LogP contribution in [0.15, 0.2) is 47.4 Å². The van der Waals surface area contributed by atoms with Crippen molar-refractivity contribution in [3.63, 3.8) is 0 Å². The van der Waals surface area contributed by atoms with Crippen molar-refractivity contribution in [3.05, 3.63) is 53.8 Å². The van der Waals surface area contributed by atoms with Gasteiger partial charge in [-0.15, -0.1) is 0 Å². The first kappa shape index (κ1) is 18.2. The van der Waals surface area contributed by atoms with Crippen LogP contribution in [0.4, 0.5) is 10.1 Å². The maximum Gasteiger partial charge on any atom is 0.261 e. The minimum absolute atomic E-state index is 0.0925. The highest BCUT2D eigenvalue weighted by atomic mass is 32.2. The maximum absolute atomic E-state index is 13.3. The first-order chi connectivity index (χ1) is 12.4. The molecule has 3 rings (SSSR count). The van der Waals surface area contributed by atoms with E-state index >= 15 is 0 Å². The molecule has 26 heavy (non-hydrogen) atoms. The van der Waals surface area contributed by atoms with Crippen LogP contribution >= 0.6 is 0 Å². The van der Waals surface area contributed by atoms with E-state index in [2.05, 4.69) is 4.72 Å². The number of hydrogen-bond donors (Lipinski definition) is 1. The van der Waals surface area contributed by atoms with Crippen molar-refractivity contribution < 1.29 is 22.3 Å². The van der Waals surface area contributed by atoms with Crippen LogP contribution < -0.4 is 9.46 Å². The Labute approximate surface area is 151 Å². The van der Waals surface area contributed by atoms with Crippen molar-refractivity contribution in [2.24, 2.45) is 0 Å². The van der Waals surface area contributed by atoms with Gasteiger partial charge in [0.1, 0.15) is 11.6 Å². The molecule has 0 spiro atoms. The van der Waals surface area contributed by atoms with Crippen LogP contribution in [0.25, 0.3) is 0 Å². The number of rotatable bonds is 5. The fourth-order valence-electron chi connectivity index (χ4n) is 2.88. The summed E-state index contributed by atoms with van der Waals surface area (Å²) in [4.78, 5) is 14.3. The number of sulfonamides is 1. The number of amides is 1. The summed E-state index contributed by atoms with van der Waals surface area (Å²) in [7, 11) is -2.55. The summed E-state index contributed by atoms with van der Waals surface area (Å²) in [5.41, 5.74) is 0.296. The number of benzene rings is 2. The lowest BCUT2D eigenvalue weighted by Crippen LogP contribution is -2.28. The molecule has 0 radical (unpaired) electrons. The van der Waals surface area contributed by atoms with Gasteiger partial charge >= 0.3 is 0 Å². The fraction of sp³-hybridized carbons (Fsp3) is 0.278. The van der Waals surface area contributed by atoms with Gasteiger partial charge in [0.05, 0.1) is 23.3 Å². The number of carbonyl (C=O) groups excluding carboxylic acids is 1. The first-order valence-corrected chi connectivity index (χ1v) is 9.65. The number of nitrogens with zero attached hydrogens (tertiary/aromatic N) is 1. The van der Waals surface area contributed by atoms with Gasteiger partial charge in [-0.3, -0.25) is 9.52 Å². The van der Waals surface area contributed by atoms with Gasteiger partial charge in [-0.1, -0.05) is 6.07 Å². The monoisotopic (exact) mass is 378 g/mol. The topological polar surface area (TPSA) is 75.7 Å². The predicted octanol–water partition coefficient (Wildman–Crippen LogP) is 2.87. The molecule has 1 fully saturated rings. The second kappa shape index (κ2) is 7.33. The summed E-state index contributed by atoms with van der Waals surface area (Å²) < 4.78 is 46.0. The van der Waals surface area contributed by atoms with Crippen molar-refractivity contribution in [2.75, 3.05) is 24.9 Å². The van der Waals surface area contributed by atoms with E-state index in [0.717, 1.165) is 18.9 Å². The number of halogens is 1. The van der Waals surface area contributed by atoms with E-state index in [1.807, 2.05) is 0 Å². The van der Waals surface area contributed by atoms with Crippen LogP contribution in [0.2, 0.25) is 0 Å². The maximum atomic E-state index is 13.3. The molecule has 138 valence electrons. The minimum Gasteiger partial charge on any atom is -0.496 e. The third-order valence-electron chi connectivity index (χ3n) is 4.18. The number of anilines is 1. The molecule has 6 nitrogen and oxygen atoms in total. The lowest BCUT2D eigenvalue weighted by atomic mass is 10.1. The molecule has 1 aliphatic rings. The Morgan fingerprint density at radius 3 is 2.54 bits per heavy atom. The van der Waals surface area contributed by atoms with E-state index in [1.165, 1.54) is 43.5 Å². The first-order valence-electron chi connectivity index (χ1n) is 8.16. The van der Waals surface area contributed by atoms with E-state index in [-0.39, 0.29) is 22.1 Å². The van der Waals surface area contributed by atoms with E-state index in [4.69, 9.17) is 4.74 Å². The van der Waals surface area contributed by atoms with Crippen molar-refractivity contribution in [1.82, 2.24) is 4.90 Å². The second-order valence-corrected chi connectivity index (χ2v) is 7.66. The average molecular weight is 378 g/mol. The number of ether oxygens (including phenoxy) is 1. The Morgan fingerprint density at radius 1 is 1.15 bits per heavy atom. The van der Waals surface area contributed by atoms with Crippen LogP contribution in [0.1, 0.15) is 23.2 Å². The molecule has 0 aliphatic carbocycles. The molecule has 1 amide bonds. The van der Waals surface area contributed by atoms with Crippen molar-refractivity contribution in [1.29, 1.82) is 0 Å². The molecular formula is C18H19FN2O4S. The molecule has 1 N–H and O–H groups in total. The van der Waals surface area contributed by atoms with Gasteiger partial charge in [0.25, 0.3) is 15.9 Å². The van der Waals surface area contributed by atoms with Crippen LogP contribution in [-0.4, -0.2) is 39.4 Å². The summed E-state index contributed by atoms with van der Waals surface area (Å²) in [5.74, 6) is -0.501. The molecule has 8 heteroatoms. The van der Waals surface area contributed by atoms with Gasteiger partial charge in [0.15, 0.2) is 0 Å². The Bertz CT molecular complexity index is 925. The highest BCUT2D eigenvalue weighted by molar-refractivity contribution is 7.92. The zero-order valence-electron chi connectivity index (χ0n) is 14.2. The van der Waals surface area contributed by atoms with E-state index in [9.17, 15) is 17.6 Å². The van der Waals surface area contributed by atoms with Gasteiger partial charge in [-0.25, -0.2) is 12.8 Å². The minimum atomic E-state index is -3.98. The van der Waals surface area contributed by atoms with E-state index in [0.29, 0.717) is 18.8 Å². The molecular weight excluding hydrogens is 359 g/mol. The van der Waals surface area contributed by atoms with Crippen LogP contribution in [0, 0.1) is 5.82 Å². The molecule has 1 saturated heterocycles. The standard InChI is InChI=1S/C18H19FN2O4S/c1-25-17-8-7-15(12-16(17)18(22)21-9-2-3-10-21)26(23,24)20-14-6-4-5-13(19)11-14/h4-8,11-12,20H,2-3,9-10H2,1H3. The van der Waals surface area contributed by atoms with Crippen LogP contribution in [0.3, 0.4) is 0 Å². The molecule has 1 aliphatic heterocycles. The highest BCUT2D eigenvalue weighted by Crippen LogP contribution is 2.26. The molecule has 0 unspecified atom stereocenters. The lowest BCUT2D eigenvalue weighted by Gasteiger charge is -2.18. The molecule has 2 aromatic rings. The summed E-state index contributed by atoms with van der Waals surface area (Å²) in [6.07, 6.45) is 1.85. The molecule has 2 aromatic carbocycles. The average Bonchev–Trinajstić information content (AvgIpc) is 3.14. The van der Waals surface area contributed by atoms with Crippen molar-refractivity contribution >= 4 is 21.6 Å². The van der Waals surface area contributed by atoms with Gasteiger partial charge < -0.3 is 9.64 Å². The van der Waals surface area contributed by atoms with Crippen molar-refractivity contribution in [2.45, 2.75) is 17.7 Å². The number of nitrogens with one attached hydrogen (secondary N) is 1. The van der Waals surface area contributed by atoms with Crippen LogP contribution in [-0.2, 0) is 10.0 Å². The number of carbonyl (C=O) groups is 1. The Kier molecular flexibility index (Phi) is 5.13. The molecule has 0 bridgehead atoms. The predicted molar refractivity (Wildman–Crippen MR) is 95.3 cm³/mol. The fourth-order valence-corrected chi connectivity index (χ4v) is 3.95. The summed E-state index contributed by atoms with van der Waals surface area (Å²) in [6.45, 7) is 1.28. The number of likely N-dealkylation sites (tertiary alicyclic amines) is 1. The summed E-state index contributed by atoms with van der Waals surface area (Å²) >= 11 is 0. The van der Waals surface area contributed by atoms with E-state index < -0.39 is 15.8 Å². The Morgan fingerprint density at radius 2 is 1.88 bits per heavy atom. The normalized spacial score (nSPS) is 14.3. The summed E-state index contributed by atoms with van der Waals surface area (Å²) in [5, 5.41) is 0. The van der Waals surface area contributed by atoms with Gasteiger partial charge in [0, 0.05) is 13.1 Å². The highest BCUT2D eigenvalue weighted by Gasteiger charge is 2.25. The molecule has 1 heterocycles. The SMILES string of the molecule is COc1ccc(S(=O)(=O)Nc2cccc(F)c2)cc1C(=O)N1CCCC1. The quantitative estimate of drug-likeness (QED) is 0.868. The zero-order valence-corrected chi connectivity index (χ0v) is 15.1. The van der Waals surface area contributed by atoms with Gasteiger partial charge in [-0.2, -0.15) is 0 Å². The number of hydrogen-bond acceptors (Lipinski definition) is 4.